The summed E-state index contributed by atoms with van der Waals surface area (Å²) in [6.45, 7) is 2.71. The van der Waals surface area contributed by atoms with Crippen LogP contribution < -0.4 is 0 Å². The molecule has 0 saturated carbocycles. The highest BCUT2D eigenvalue weighted by atomic mass is 79.9. The number of carbonyl (C=O) groups excluding carboxylic acids is 2. The van der Waals surface area contributed by atoms with Crippen molar-refractivity contribution >= 4 is 27.8 Å². The molecule has 0 bridgehead atoms. The van der Waals surface area contributed by atoms with Crippen LogP contribution >= 0.6 is 15.9 Å². The van der Waals surface area contributed by atoms with E-state index in [-0.39, 0.29) is 19.3 Å². The third-order valence-corrected chi connectivity index (χ3v) is 5.16. The summed E-state index contributed by atoms with van der Waals surface area (Å²) in [6, 6.07) is 5.61. The third kappa shape index (κ3) is 4.20. The lowest BCUT2D eigenvalue weighted by atomic mass is 9.87. The van der Waals surface area contributed by atoms with Crippen molar-refractivity contribution in [2.24, 2.45) is 0 Å². The quantitative estimate of drug-likeness (QED) is 0.451. The SMILES string of the molecule is COC(=O)C1(N(O)C(=O)Cc2cc(Br)ccc2C)CCN(OC)CC1. The molecule has 1 aromatic rings. The standard InChI is InChI=1S/C17H23BrN2O5/c1-12-4-5-14(18)10-13(12)11-15(21)20(23)17(16(22)24-2)6-8-19(25-3)9-7-17/h4-5,10,23H,6-9,11H2,1-3H3. The molecule has 1 saturated heterocycles. The topological polar surface area (TPSA) is 79.3 Å². The van der Waals surface area contributed by atoms with E-state index >= 15 is 0 Å². The molecule has 1 N–H and O–H groups in total. The van der Waals surface area contributed by atoms with E-state index < -0.39 is 17.4 Å². The molecule has 1 aliphatic rings. The average molecular weight is 415 g/mol. The summed E-state index contributed by atoms with van der Waals surface area (Å²) in [5.74, 6) is -1.16. The van der Waals surface area contributed by atoms with Gasteiger partial charge in [-0.25, -0.2) is 9.86 Å². The predicted molar refractivity (Wildman–Crippen MR) is 93.8 cm³/mol. The van der Waals surface area contributed by atoms with Gasteiger partial charge in [-0.2, -0.15) is 5.06 Å². The number of aryl methyl sites for hydroxylation is 1. The molecule has 1 aromatic carbocycles. The zero-order chi connectivity index (χ0) is 18.6. The van der Waals surface area contributed by atoms with Gasteiger partial charge in [-0.3, -0.25) is 10.0 Å². The number of hydrogen-bond donors (Lipinski definition) is 1. The molecule has 8 heteroatoms. The molecule has 0 spiro atoms. The van der Waals surface area contributed by atoms with Gasteiger partial charge in [-0.15, -0.1) is 0 Å². The Labute approximate surface area is 155 Å². The Morgan fingerprint density at radius 1 is 1.32 bits per heavy atom. The number of rotatable bonds is 5. The average Bonchev–Trinajstić information content (AvgIpc) is 2.63. The molecule has 25 heavy (non-hydrogen) atoms. The number of hydroxylamine groups is 4. The van der Waals surface area contributed by atoms with Crippen molar-refractivity contribution in [1.29, 1.82) is 0 Å². The van der Waals surface area contributed by atoms with Crippen LogP contribution in [0.3, 0.4) is 0 Å². The van der Waals surface area contributed by atoms with Gasteiger partial charge >= 0.3 is 5.97 Å². The fourth-order valence-corrected chi connectivity index (χ4v) is 3.45. The molecular formula is C17H23BrN2O5. The number of carbonyl (C=O) groups is 2. The molecule has 0 unspecified atom stereocenters. The van der Waals surface area contributed by atoms with E-state index in [1.165, 1.54) is 7.11 Å². The van der Waals surface area contributed by atoms with E-state index in [1.807, 2.05) is 25.1 Å². The van der Waals surface area contributed by atoms with Crippen LogP contribution in [-0.2, 0) is 25.6 Å². The number of nitrogens with zero attached hydrogens (tertiary/aromatic N) is 2. The van der Waals surface area contributed by atoms with Crippen LogP contribution in [0.1, 0.15) is 24.0 Å². The second-order valence-corrected chi connectivity index (χ2v) is 7.00. The van der Waals surface area contributed by atoms with Crippen molar-refractivity contribution in [3.05, 3.63) is 33.8 Å². The first-order valence-electron chi connectivity index (χ1n) is 7.98. The highest BCUT2D eigenvalue weighted by Gasteiger charge is 2.49. The lowest BCUT2D eigenvalue weighted by Crippen LogP contribution is -2.61. The zero-order valence-electron chi connectivity index (χ0n) is 14.6. The minimum absolute atomic E-state index is 0.00545. The maximum atomic E-state index is 12.7. The van der Waals surface area contributed by atoms with Gasteiger partial charge in [-0.05, 0) is 43.0 Å². The first kappa shape index (κ1) is 19.8. The van der Waals surface area contributed by atoms with Crippen molar-refractivity contribution in [2.75, 3.05) is 27.3 Å². The minimum atomic E-state index is -1.39. The molecule has 0 aliphatic carbocycles. The van der Waals surface area contributed by atoms with E-state index in [4.69, 9.17) is 9.57 Å². The highest BCUT2D eigenvalue weighted by molar-refractivity contribution is 9.10. The van der Waals surface area contributed by atoms with E-state index in [2.05, 4.69) is 15.9 Å². The van der Waals surface area contributed by atoms with E-state index in [1.54, 1.807) is 12.2 Å². The van der Waals surface area contributed by atoms with Crippen LogP contribution in [0.5, 0.6) is 0 Å². The normalized spacial score (nSPS) is 17.2. The van der Waals surface area contributed by atoms with Crippen LogP contribution in [0.15, 0.2) is 22.7 Å². The van der Waals surface area contributed by atoms with Crippen LogP contribution in [0.4, 0.5) is 0 Å². The molecule has 1 heterocycles. The number of benzene rings is 1. The van der Waals surface area contributed by atoms with Crippen molar-refractivity contribution < 1.29 is 24.4 Å². The van der Waals surface area contributed by atoms with Crippen LogP contribution in [-0.4, -0.2) is 60.1 Å². The summed E-state index contributed by atoms with van der Waals surface area (Å²) in [7, 11) is 2.80. The molecule has 2 rings (SSSR count). The van der Waals surface area contributed by atoms with E-state index in [0.29, 0.717) is 18.2 Å². The minimum Gasteiger partial charge on any atom is -0.467 e. The van der Waals surface area contributed by atoms with E-state index in [0.717, 1.165) is 15.6 Å². The smallest absolute Gasteiger partial charge is 0.334 e. The van der Waals surface area contributed by atoms with Gasteiger partial charge in [0.15, 0.2) is 5.54 Å². The highest BCUT2D eigenvalue weighted by Crippen LogP contribution is 2.30. The predicted octanol–water partition coefficient (Wildman–Crippen LogP) is 2.09. The Hall–Kier alpha value is -1.48. The van der Waals surface area contributed by atoms with Crippen molar-refractivity contribution in [1.82, 2.24) is 10.1 Å². The van der Waals surface area contributed by atoms with Crippen molar-refractivity contribution in [3.8, 4) is 0 Å². The largest absolute Gasteiger partial charge is 0.467 e. The zero-order valence-corrected chi connectivity index (χ0v) is 16.2. The molecule has 1 fully saturated rings. The maximum Gasteiger partial charge on any atom is 0.334 e. The Kier molecular flexibility index (Phi) is 6.56. The molecule has 138 valence electrons. The molecule has 1 aliphatic heterocycles. The number of piperidine rings is 1. The van der Waals surface area contributed by atoms with Gasteiger partial charge in [0.05, 0.1) is 20.6 Å². The maximum absolute atomic E-state index is 12.7. The van der Waals surface area contributed by atoms with Gasteiger partial charge in [0.25, 0.3) is 5.91 Å². The third-order valence-electron chi connectivity index (χ3n) is 4.67. The molecule has 1 amide bonds. The number of hydrogen-bond acceptors (Lipinski definition) is 6. The summed E-state index contributed by atoms with van der Waals surface area (Å²) in [5.41, 5.74) is 0.333. The summed E-state index contributed by atoms with van der Waals surface area (Å²) in [6.07, 6.45) is 0.453. The lowest BCUT2D eigenvalue weighted by molar-refractivity contribution is -0.228. The van der Waals surface area contributed by atoms with Gasteiger partial charge in [0.1, 0.15) is 0 Å². The van der Waals surface area contributed by atoms with Crippen molar-refractivity contribution in [3.63, 3.8) is 0 Å². The summed E-state index contributed by atoms with van der Waals surface area (Å²) < 4.78 is 5.72. The van der Waals surface area contributed by atoms with Crippen LogP contribution in [0.2, 0.25) is 0 Å². The first-order chi connectivity index (χ1) is 11.8. The number of esters is 1. The number of amides is 1. The van der Waals surface area contributed by atoms with Crippen LogP contribution in [0, 0.1) is 6.92 Å². The Balaban J connectivity index is 2.21. The van der Waals surface area contributed by atoms with Gasteiger partial charge in [0, 0.05) is 17.6 Å². The Morgan fingerprint density at radius 3 is 2.52 bits per heavy atom. The second-order valence-electron chi connectivity index (χ2n) is 6.09. The number of halogens is 1. The monoisotopic (exact) mass is 414 g/mol. The summed E-state index contributed by atoms with van der Waals surface area (Å²) in [5, 5.41) is 12.8. The summed E-state index contributed by atoms with van der Waals surface area (Å²) in [4.78, 5) is 30.2. The summed E-state index contributed by atoms with van der Waals surface area (Å²) >= 11 is 3.38. The van der Waals surface area contributed by atoms with Gasteiger partial charge in [0.2, 0.25) is 0 Å². The van der Waals surface area contributed by atoms with Gasteiger partial charge < -0.3 is 9.57 Å². The Bertz CT molecular complexity index is 644. The first-order valence-corrected chi connectivity index (χ1v) is 8.78. The number of ether oxygens (including phenoxy) is 1. The fourth-order valence-electron chi connectivity index (χ4n) is 3.04. The van der Waals surface area contributed by atoms with Gasteiger partial charge in [-0.1, -0.05) is 22.0 Å². The molecule has 0 aromatic heterocycles. The number of methoxy groups -OCH3 is 1. The van der Waals surface area contributed by atoms with E-state index in [9.17, 15) is 14.8 Å². The second kappa shape index (κ2) is 8.27. The Morgan fingerprint density at radius 2 is 1.96 bits per heavy atom. The molecular weight excluding hydrogens is 392 g/mol. The fraction of sp³-hybridized carbons (Fsp3) is 0.529. The molecule has 7 nitrogen and oxygen atoms in total. The molecule has 0 radical (unpaired) electrons. The van der Waals surface area contributed by atoms with Crippen LogP contribution in [0.25, 0.3) is 0 Å². The van der Waals surface area contributed by atoms with Crippen molar-refractivity contribution in [2.45, 2.75) is 31.7 Å². The molecule has 0 atom stereocenters. The lowest BCUT2D eigenvalue weighted by Gasteiger charge is -2.42.